The summed E-state index contributed by atoms with van der Waals surface area (Å²) in [6, 6.07) is 11.0. The Morgan fingerprint density at radius 2 is 1.84 bits per heavy atom. The first kappa shape index (κ1) is 21.2. The maximum absolute atomic E-state index is 14.3. The number of carbonyl (C=O) groups is 1. The van der Waals surface area contributed by atoms with E-state index in [4.69, 9.17) is 4.74 Å². The number of amides is 1. The van der Waals surface area contributed by atoms with Crippen molar-refractivity contribution in [2.24, 2.45) is 0 Å². The van der Waals surface area contributed by atoms with Crippen molar-refractivity contribution in [1.82, 2.24) is 14.2 Å². The van der Waals surface area contributed by atoms with Gasteiger partial charge in [0.15, 0.2) is 0 Å². The third-order valence-electron chi connectivity index (χ3n) is 5.36. The average Bonchev–Trinajstić information content (AvgIpc) is 2.78. The molecule has 31 heavy (non-hydrogen) atoms. The van der Waals surface area contributed by atoms with Crippen LogP contribution in [-0.4, -0.2) is 61.8 Å². The van der Waals surface area contributed by atoms with E-state index in [0.717, 1.165) is 17.0 Å². The molecule has 0 radical (unpaired) electrons. The molecule has 0 atom stereocenters. The summed E-state index contributed by atoms with van der Waals surface area (Å²) in [5.41, 5.74) is 1.30. The highest BCUT2D eigenvalue weighted by Gasteiger charge is 2.32. The van der Waals surface area contributed by atoms with E-state index in [1.807, 2.05) is 19.1 Å². The number of nitrogens with zero attached hydrogens (tertiary/aromatic N) is 3. The van der Waals surface area contributed by atoms with Crippen molar-refractivity contribution in [2.75, 3.05) is 33.3 Å². The molecule has 0 unspecified atom stereocenters. The van der Waals surface area contributed by atoms with Crippen molar-refractivity contribution in [3.8, 4) is 5.75 Å². The van der Waals surface area contributed by atoms with Crippen LogP contribution in [0.5, 0.6) is 5.75 Å². The third-order valence-corrected chi connectivity index (χ3v) is 7.29. The predicted molar refractivity (Wildman–Crippen MR) is 114 cm³/mol. The summed E-state index contributed by atoms with van der Waals surface area (Å²) in [4.78, 5) is 18.7. The van der Waals surface area contributed by atoms with Crippen LogP contribution < -0.4 is 4.74 Å². The molecule has 0 bridgehead atoms. The molecule has 2 heterocycles. The van der Waals surface area contributed by atoms with Crippen molar-refractivity contribution in [1.29, 1.82) is 0 Å². The highest BCUT2D eigenvalue weighted by Crippen LogP contribution is 2.26. The number of pyridine rings is 1. The molecule has 1 aliphatic heterocycles. The highest BCUT2D eigenvalue weighted by molar-refractivity contribution is 7.89. The Bertz CT molecular complexity index is 1250. The van der Waals surface area contributed by atoms with Crippen LogP contribution >= 0.6 is 0 Å². The SMILES string of the molecule is COc1ccc(C(=O)N2CCN(S(=O)(=O)c3cccc4cc(C)cnc34)CC2)c(F)c1. The number of hydrogen-bond acceptors (Lipinski definition) is 5. The number of para-hydroxylation sites is 1. The zero-order chi connectivity index (χ0) is 22.2. The minimum absolute atomic E-state index is 0.0641. The van der Waals surface area contributed by atoms with Crippen LogP contribution in [0.3, 0.4) is 0 Å². The van der Waals surface area contributed by atoms with Crippen molar-refractivity contribution in [2.45, 2.75) is 11.8 Å². The molecule has 1 aliphatic rings. The van der Waals surface area contributed by atoms with Gasteiger partial charge in [-0.15, -0.1) is 0 Å². The molecule has 3 aromatic rings. The molecule has 0 spiro atoms. The van der Waals surface area contributed by atoms with Crippen LogP contribution in [0.15, 0.2) is 53.6 Å². The quantitative estimate of drug-likeness (QED) is 0.620. The Labute approximate surface area is 180 Å². The summed E-state index contributed by atoms with van der Waals surface area (Å²) in [7, 11) is -2.37. The van der Waals surface area contributed by atoms with Gasteiger partial charge in [0.25, 0.3) is 5.91 Å². The lowest BCUT2D eigenvalue weighted by Gasteiger charge is -2.34. The van der Waals surface area contributed by atoms with Crippen molar-refractivity contribution < 1.29 is 22.3 Å². The molecule has 0 N–H and O–H groups in total. The molecular formula is C22H22FN3O4S. The van der Waals surface area contributed by atoms with Crippen LogP contribution in [0.1, 0.15) is 15.9 Å². The Morgan fingerprint density at radius 3 is 2.52 bits per heavy atom. The third kappa shape index (κ3) is 3.98. The van der Waals surface area contributed by atoms with E-state index < -0.39 is 21.7 Å². The molecule has 1 aromatic heterocycles. The summed E-state index contributed by atoms with van der Waals surface area (Å²) in [6.45, 7) is 2.47. The summed E-state index contributed by atoms with van der Waals surface area (Å²) in [5.74, 6) is -0.820. The van der Waals surface area contributed by atoms with Gasteiger partial charge in [-0.05, 0) is 36.8 Å². The zero-order valence-electron chi connectivity index (χ0n) is 17.2. The predicted octanol–water partition coefficient (Wildman–Crippen LogP) is 2.84. The number of carbonyl (C=O) groups excluding carboxylic acids is 1. The van der Waals surface area contributed by atoms with Crippen LogP contribution in [0.25, 0.3) is 10.9 Å². The molecule has 1 fully saturated rings. The van der Waals surface area contributed by atoms with Crippen molar-refractivity contribution >= 4 is 26.8 Å². The van der Waals surface area contributed by atoms with E-state index in [2.05, 4.69) is 4.98 Å². The molecule has 1 saturated heterocycles. The molecule has 162 valence electrons. The topological polar surface area (TPSA) is 79.8 Å². The van der Waals surface area contributed by atoms with E-state index in [9.17, 15) is 17.6 Å². The Kier molecular flexibility index (Phi) is 5.63. The molecular weight excluding hydrogens is 421 g/mol. The lowest BCUT2D eigenvalue weighted by molar-refractivity contribution is 0.0693. The largest absolute Gasteiger partial charge is 0.497 e. The number of methoxy groups -OCH3 is 1. The maximum Gasteiger partial charge on any atom is 0.256 e. The number of aryl methyl sites for hydroxylation is 1. The monoisotopic (exact) mass is 443 g/mol. The molecule has 4 rings (SSSR count). The Hall–Kier alpha value is -3.04. The van der Waals surface area contributed by atoms with Gasteiger partial charge in [0, 0.05) is 43.8 Å². The van der Waals surface area contributed by atoms with Crippen molar-refractivity contribution in [3.63, 3.8) is 0 Å². The van der Waals surface area contributed by atoms with Crippen LogP contribution in [-0.2, 0) is 10.0 Å². The molecule has 9 heteroatoms. The van der Waals surface area contributed by atoms with Crippen molar-refractivity contribution in [3.05, 3.63) is 65.6 Å². The molecule has 0 saturated carbocycles. The Morgan fingerprint density at radius 1 is 1.10 bits per heavy atom. The summed E-state index contributed by atoms with van der Waals surface area (Å²) < 4.78 is 47.1. The number of halogens is 1. The van der Waals surface area contributed by atoms with Crippen LogP contribution in [0, 0.1) is 12.7 Å². The number of hydrogen-bond donors (Lipinski definition) is 0. The van der Waals surface area contributed by atoms with Gasteiger partial charge in [-0.25, -0.2) is 12.8 Å². The van der Waals surface area contributed by atoms with E-state index in [1.165, 1.54) is 28.4 Å². The zero-order valence-corrected chi connectivity index (χ0v) is 18.0. The van der Waals surface area contributed by atoms with Gasteiger partial charge >= 0.3 is 0 Å². The first-order valence-corrected chi connectivity index (χ1v) is 11.2. The molecule has 2 aromatic carbocycles. The lowest BCUT2D eigenvalue weighted by atomic mass is 10.1. The molecule has 0 aliphatic carbocycles. The van der Waals surface area contributed by atoms with Crippen LogP contribution in [0.2, 0.25) is 0 Å². The second-order valence-corrected chi connectivity index (χ2v) is 9.29. The van der Waals surface area contributed by atoms with Gasteiger partial charge < -0.3 is 9.64 Å². The van der Waals surface area contributed by atoms with E-state index in [0.29, 0.717) is 11.3 Å². The van der Waals surface area contributed by atoms with Gasteiger partial charge in [-0.3, -0.25) is 9.78 Å². The smallest absolute Gasteiger partial charge is 0.256 e. The highest BCUT2D eigenvalue weighted by atomic mass is 32.2. The number of piperazine rings is 1. The Balaban J connectivity index is 1.53. The minimum Gasteiger partial charge on any atom is -0.497 e. The average molecular weight is 444 g/mol. The number of fused-ring (bicyclic) bond motifs is 1. The fraction of sp³-hybridized carbons (Fsp3) is 0.273. The van der Waals surface area contributed by atoms with E-state index >= 15 is 0 Å². The first-order chi connectivity index (χ1) is 14.8. The second-order valence-electron chi connectivity index (χ2n) is 7.38. The molecule has 1 amide bonds. The number of benzene rings is 2. The summed E-state index contributed by atoms with van der Waals surface area (Å²) >= 11 is 0. The number of sulfonamides is 1. The summed E-state index contributed by atoms with van der Waals surface area (Å²) in [6.07, 6.45) is 1.64. The fourth-order valence-corrected chi connectivity index (χ4v) is 5.28. The first-order valence-electron chi connectivity index (χ1n) is 9.79. The fourth-order valence-electron chi connectivity index (χ4n) is 3.69. The van der Waals surface area contributed by atoms with Gasteiger partial charge in [-0.2, -0.15) is 4.31 Å². The molecule has 7 nitrogen and oxygen atoms in total. The van der Waals surface area contributed by atoms with E-state index in [1.54, 1.807) is 18.3 Å². The standard InChI is InChI=1S/C22H22FN3O4S/c1-15-12-16-4-3-5-20(21(16)24-14-15)31(28,29)26-10-8-25(9-11-26)22(27)18-7-6-17(30-2)13-19(18)23/h3-7,12-14H,8-11H2,1-2H3. The maximum atomic E-state index is 14.3. The minimum atomic E-state index is -3.79. The number of ether oxygens (including phenoxy) is 1. The second kappa shape index (κ2) is 8.24. The normalized spacial score (nSPS) is 15.3. The number of rotatable bonds is 4. The van der Waals surface area contributed by atoms with Gasteiger partial charge in [0.2, 0.25) is 10.0 Å². The van der Waals surface area contributed by atoms with Gasteiger partial charge in [0.1, 0.15) is 16.5 Å². The van der Waals surface area contributed by atoms with Crippen LogP contribution in [0.4, 0.5) is 4.39 Å². The lowest BCUT2D eigenvalue weighted by Crippen LogP contribution is -2.50. The van der Waals surface area contributed by atoms with Gasteiger partial charge in [-0.1, -0.05) is 12.1 Å². The van der Waals surface area contributed by atoms with E-state index in [-0.39, 0.29) is 36.6 Å². The summed E-state index contributed by atoms with van der Waals surface area (Å²) in [5, 5.41) is 0.755. The number of aromatic nitrogens is 1. The van der Waals surface area contributed by atoms with Gasteiger partial charge in [0.05, 0.1) is 18.2 Å².